The molecule has 7 nitrogen and oxygen atoms in total. The molecule has 30 heavy (non-hydrogen) atoms. The minimum absolute atomic E-state index is 0.305. The summed E-state index contributed by atoms with van der Waals surface area (Å²) in [5, 5.41) is 3.23. The summed E-state index contributed by atoms with van der Waals surface area (Å²) in [7, 11) is 1.55. The van der Waals surface area contributed by atoms with Gasteiger partial charge in [0, 0.05) is 5.56 Å². The molecular weight excluding hydrogens is 384 g/mol. The second kappa shape index (κ2) is 8.73. The molecule has 0 saturated carbocycles. The van der Waals surface area contributed by atoms with E-state index in [1.807, 2.05) is 36.4 Å². The van der Waals surface area contributed by atoms with Crippen LogP contribution >= 0.6 is 0 Å². The van der Waals surface area contributed by atoms with Crippen molar-refractivity contribution in [2.24, 2.45) is 0 Å². The van der Waals surface area contributed by atoms with Crippen molar-refractivity contribution in [1.29, 1.82) is 0 Å². The highest BCUT2D eigenvalue weighted by molar-refractivity contribution is 5.96. The highest BCUT2D eigenvalue weighted by Gasteiger charge is 2.19. The Labute approximate surface area is 174 Å². The third-order valence-electron chi connectivity index (χ3n) is 4.59. The number of pyridine rings is 1. The van der Waals surface area contributed by atoms with E-state index in [0.29, 0.717) is 59.8 Å². The molecule has 154 valence electrons. The van der Waals surface area contributed by atoms with Crippen LogP contribution in [-0.2, 0) is 4.74 Å². The van der Waals surface area contributed by atoms with Gasteiger partial charge in [0.1, 0.15) is 18.9 Å². The van der Waals surface area contributed by atoms with Crippen LogP contribution in [0.4, 0.5) is 11.4 Å². The fraction of sp³-hybridized carbons (Fsp3) is 0.217. The lowest BCUT2D eigenvalue weighted by Crippen LogP contribution is -2.16. The molecule has 1 aliphatic rings. The van der Waals surface area contributed by atoms with Gasteiger partial charge in [-0.25, -0.2) is 9.78 Å². The number of benzene rings is 2. The van der Waals surface area contributed by atoms with E-state index >= 15 is 0 Å². The summed E-state index contributed by atoms with van der Waals surface area (Å²) in [6.07, 6.45) is 0. The first-order chi connectivity index (χ1) is 14.7. The van der Waals surface area contributed by atoms with Gasteiger partial charge < -0.3 is 24.3 Å². The predicted molar refractivity (Wildman–Crippen MR) is 113 cm³/mol. The van der Waals surface area contributed by atoms with Gasteiger partial charge in [0.2, 0.25) is 5.88 Å². The number of methoxy groups -OCH3 is 1. The first-order valence-corrected chi connectivity index (χ1v) is 9.68. The highest BCUT2D eigenvalue weighted by atomic mass is 16.6. The van der Waals surface area contributed by atoms with Crippen LogP contribution in [-0.4, -0.2) is 37.9 Å². The molecule has 2 aromatic carbocycles. The zero-order valence-corrected chi connectivity index (χ0v) is 16.8. The van der Waals surface area contributed by atoms with E-state index in [-0.39, 0.29) is 0 Å². The minimum Gasteiger partial charge on any atom is -0.486 e. The number of rotatable bonds is 6. The lowest BCUT2D eigenvalue weighted by atomic mass is 10.1. The van der Waals surface area contributed by atoms with Gasteiger partial charge in [-0.15, -0.1) is 0 Å². The van der Waals surface area contributed by atoms with Crippen LogP contribution in [0.2, 0.25) is 0 Å². The van der Waals surface area contributed by atoms with E-state index in [0.717, 1.165) is 5.56 Å². The van der Waals surface area contributed by atoms with Crippen LogP contribution in [0, 0.1) is 0 Å². The summed E-state index contributed by atoms with van der Waals surface area (Å²) in [4.78, 5) is 16.9. The van der Waals surface area contributed by atoms with E-state index in [1.165, 1.54) is 0 Å². The largest absolute Gasteiger partial charge is 0.486 e. The second-order valence-corrected chi connectivity index (χ2v) is 6.47. The van der Waals surface area contributed by atoms with Crippen molar-refractivity contribution >= 4 is 17.3 Å². The molecule has 0 bridgehead atoms. The molecule has 4 rings (SSSR count). The Balaban J connectivity index is 1.68. The SMILES string of the molecule is CCOC(=O)c1ccccc1Nc1ccc(-c2cccc3c2OCCO3)nc1OC. The number of aromatic nitrogens is 1. The number of ether oxygens (including phenoxy) is 4. The van der Waals surface area contributed by atoms with Crippen LogP contribution in [0.25, 0.3) is 11.3 Å². The summed E-state index contributed by atoms with van der Waals surface area (Å²) in [6.45, 7) is 3.10. The number of hydrogen-bond donors (Lipinski definition) is 1. The van der Waals surface area contributed by atoms with Gasteiger partial charge in [0.25, 0.3) is 0 Å². The summed E-state index contributed by atoms with van der Waals surface area (Å²) in [5.74, 6) is 1.37. The maximum atomic E-state index is 12.3. The first-order valence-electron chi connectivity index (χ1n) is 9.68. The van der Waals surface area contributed by atoms with Gasteiger partial charge in [0.05, 0.1) is 30.7 Å². The standard InChI is InChI=1S/C23H22N2O5/c1-3-28-23(26)16-7-4-5-9-17(16)24-19-12-11-18(25-22(19)27-2)15-8-6-10-20-21(15)30-14-13-29-20/h4-12,24H,3,13-14H2,1-2H3. The Bertz CT molecular complexity index is 1070. The summed E-state index contributed by atoms with van der Waals surface area (Å²) < 4.78 is 22.1. The molecule has 1 N–H and O–H groups in total. The van der Waals surface area contributed by atoms with Crippen LogP contribution in [0.1, 0.15) is 17.3 Å². The zero-order chi connectivity index (χ0) is 20.9. The van der Waals surface area contributed by atoms with Crippen LogP contribution in [0.5, 0.6) is 17.4 Å². The molecule has 0 unspecified atom stereocenters. The Morgan fingerprint density at radius 2 is 1.87 bits per heavy atom. The van der Waals surface area contributed by atoms with Crippen molar-refractivity contribution < 1.29 is 23.7 Å². The highest BCUT2D eigenvalue weighted by Crippen LogP contribution is 2.40. The number of para-hydroxylation sites is 2. The van der Waals surface area contributed by atoms with Crippen molar-refractivity contribution in [2.75, 3.05) is 32.2 Å². The number of hydrogen-bond acceptors (Lipinski definition) is 7. The van der Waals surface area contributed by atoms with Crippen molar-refractivity contribution in [3.8, 4) is 28.6 Å². The maximum absolute atomic E-state index is 12.3. The van der Waals surface area contributed by atoms with E-state index in [9.17, 15) is 4.79 Å². The lowest BCUT2D eigenvalue weighted by Gasteiger charge is -2.21. The number of carbonyl (C=O) groups excluding carboxylic acids is 1. The number of anilines is 2. The van der Waals surface area contributed by atoms with E-state index < -0.39 is 5.97 Å². The monoisotopic (exact) mass is 406 g/mol. The summed E-state index contributed by atoms with van der Waals surface area (Å²) >= 11 is 0. The third-order valence-corrected chi connectivity index (χ3v) is 4.59. The molecule has 0 amide bonds. The molecule has 0 fully saturated rings. The van der Waals surface area contributed by atoms with Crippen molar-refractivity contribution in [1.82, 2.24) is 4.98 Å². The van der Waals surface area contributed by atoms with Gasteiger partial charge in [-0.1, -0.05) is 18.2 Å². The topological polar surface area (TPSA) is 78.9 Å². The molecular formula is C23H22N2O5. The zero-order valence-electron chi connectivity index (χ0n) is 16.8. The number of carbonyl (C=O) groups is 1. The van der Waals surface area contributed by atoms with Crippen molar-refractivity contribution in [2.45, 2.75) is 6.92 Å². The Morgan fingerprint density at radius 3 is 2.70 bits per heavy atom. The van der Waals surface area contributed by atoms with Crippen molar-refractivity contribution in [3.05, 3.63) is 60.2 Å². The molecule has 2 heterocycles. The Hall–Kier alpha value is -3.74. The quantitative estimate of drug-likeness (QED) is 0.606. The Morgan fingerprint density at radius 1 is 1.03 bits per heavy atom. The maximum Gasteiger partial charge on any atom is 0.340 e. The molecule has 7 heteroatoms. The molecule has 3 aromatic rings. The van der Waals surface area contributed by atoms with Crippen molar-refractivity contribution in [3.63, 3.8) is 0 Å². The molecule has 0 atom stereocenters. The van der Waals surface area contributed by atoms with E-state index in [1.54, 1.807) is 32.2 Å². The fourth-order valence-corrected chi connectivity index (χ4v) is 3.24. The van der Waals surface area contributed by atoms with E-state index in [4.69, 9.17) is 18.9 Å². The average molecular weight is 406 g/mol. The number of nitrogens with zero attached hydrogens (tertiary/aromatic N) is 1. The molecule has 0 spiro atoms. The third kappa shape index (κ3) is 3.87. The fourth-order valence-electron chi connectivity index (χ4n) is 3.24. The molecule has 0 saturated heterocycles. The summed E-state index contributed by atoms with van der Waals surface area (Å²) in [5.41, 5.74) is 3.19. The first kappa shape index (κ1) is 19.6. The number of nitrogens with one attached hydrogen (secondary N) is 1. The van der Waals surface area contributed by atoms with Crippen LogP contribution < -0.4 is 19.5 Å². The predicted octanol–water partition coefficient (Wildman–Crippen LogP) is 4.45. The molecule has 0 radical (unpaired) electrons. The Kier molecular flexibility index (Phi) is 5.70. The average Bonchev–Trinajstić information content (AvgIpc) is 2.79. The van der Waals surface area contributed by atoms with Crippen LogP contribution in [0.15, 0.2) is 54.6 Å². The van der Waals surface area contributed by atoms with Gasteiger partial charge in [0.15, 0.2) is 11.5 Å². The lowest BCUT2D eigenvalue weighted by molar-refractivity contribution is 0.0527. The van der Waals surface area contributed by atoms with Gasteiger partial charge >= 0.3 is 5.97 Å². The minimum atomic E-state index is -0.391. The van der Waals surface area contributed by atoms with Gasteiger partial charge in [-0.2, -0.15) is 0 Å². The number of fused-ring (bicyclic) bond motifs is 1. The molecule has 1 aliphatic heterocycles. The van der Waals surface area contributed by atoms with Gasteiger partial charge in [-0.3, -0.25) is 0 Å². The molecule has 1 aromatic heterocycles. The van der Waals surface area contributed by atoms with Gasteiger partial charge in [-0.05, 0) is 43.3 Å². The summed E-state index contributed by atoms with van der Waals surface area (Å²) in [6, 6.07) is 16.6. The normalized spacial score (nSPS) is 12.2. The molecule has 0 aliphatic carbocycles. The van der Waals surface area contributed by atoms with E-state index in [2.05, 4.69) is 10.3 Å². The smallest absolute Gasteiger partial charge is 0.340 e. The van der Waals surface area contributed by atoms with Crippen LogP contribution in [0.3, 0.4) is 0 Å². The second-order valence-electron chi connectivity index (χ2n) is 6.47. The number of esters is 1.